The minimum atomic E-state index is -0.209. The first-order chi connectivity index (χ1) is 8.45. The average molecular weight is 315 g/mol. The third-order valence-corrected chi connectivity index (χ3v) is 4.50. The second-order valence-corrected chi connectivity index (χ2v) is 6.22. The van der Waals surface area contributed by atoms with Gasteiger partial charge < -0.3 is 10.2 Å². The van der Waals surface area contributed by atoms with Crippen molar-refractivity contribution in [2.45, 2.75) is 38.8 Å². The summed E-state index contributed by atoms with van der Waals surface area (Å²) >= 11 is 3.26. The lowest BCUT2D eigenvalue weighted by Crippen LogP contribution is -2.62. The highest BCUT2D eigenvalue weighted by atomic mass is 79.9. The molecule has 18 heavy (non-hydrogen) atoms. The zero-order valence-electron chi connectivity index (χ0n) is 11.1. The molecular weight excluding hydrogens is 295 g/mol. The first kappa shape index (κ1) is 13.8. The Hall–Kier alpha value is -0.610. The number of anilines is 1. The summed E-state index contributed by atoms with van der Waals surface area (Å²) in [7, 11) is 0. The average Bonchev–Trinajstić information content (AvgIpc) is 2.36. The predicted octanol–water partition coefficient (Wildman–Crippen LogP) is 3.56. The summed E-state index contributed by atoms with van der Waals surface area (Å²) in [6, 6.07) is 5.67. The molecule has 1 aliphatic heterocycles. The van der Waals surface area contributed by atoms with Crippen molar-refractivity contribution in [3.63, 3.8) is 0 Å². The Balaban J connectivity index is 2.27. The van der Waals surface area contributed by atoms with Crippen LogP contribution >= 0.6 is 15.9 Å². The van der Waals surface area contributed by atoms with Crippen LogP contribution in [0.25, 0.3) is 0 Å². The molecule has 2 nitrogen and oxygen atoms in total. The number of piperazine rings is 1. The Morgan fingerprint density at radius 1 is 1.56 bits per heavy atom. The molecule has 0 spiro atoms. The summed E-state index contributed by atoms with van der Waals surface area (Å²) in [6.07, 6.45) is 1.08. The van der Waals surface area contributed by atoms with Crippen molar-refractivity contribution in [1.29, 1.82) is 0 Å². The predicted molar refractivity (Wildman–Crippen MR) is 77.6 cm³/mol. The molecular formula is C14H20BrFN2. The molecule has 1 aliphatic rings. The molecule has 1 aromatic carbocycles. The minimum absolute atomic E-state index is 0.132. The number of nitrogens with one attached hydrogen (secondary N) is 1. The van der Waals surface area contributed by atoms with Crippen LogP contribution in [-0.4, -0.2) is 24.7 Å². The van der Waals surface area contributed by atoms with Gasteiger partial charge in [0.25, 0.3) is 0 Å². The number of hydrogen-bond donors (Lipinski definition) is 1. The first-order valence-corrected chi connectivity index (χ1v) is 7.21. The van der Waals surface area contributed by atoms with Crippen LogP contribution in [-0.2, 0) is 0 Å². The van der Waals surface area contributed by atoms with E-state index in [9.17, 15) is 4.39 Å². The lowest BCUT2D eigenvalue weighted by Gasteiger charge is -2.46. The van der Waals surface area contributed by atoms with E-state index in [1.807, 2.05) is 12.1 Å². The summed E-state index contributed by atoms with van der Waals surface area (Å²) in [6.45, 7) is 8.54. The molecule has 100 valence electrons. The highest BCUT2D eigenvalue weighted by Crippen LogP contribution is 2.28. The monoisotopic (exact) mass is 314 g/mol. The van der Waals surface area contributed by atoms with Gasteiger partial charge in [0.05, 0.1) is 4.47 Å². The number of nitrogens with zero attached hydrogens (tertiary/aromatic N) is 1. The Bertz CT molecular complexity index is 438. The maximum Gasteiger partial charge on any atom is 0.137 e. The van der Waals surface area contributed by atoms with E-state index in [2.05, 4.69) is 46.9 Å². The van der Waals surface area contributed by atoms with Gasteiger partial charge in [0.1, 0.15) is 5.82 Å². The maximum absolute atomic E-state index is 13.3. The highest BCUT2D eigenvalue weighted by Gasteiger charge is 2.32. The van der Waals surface area contributed by atoms with Gasteiger partial charge in [-0.1, -0.05) is 6.92 Å². The summed E-state index contributed by atoms with van der Waals surface area (Å²) < 4.78 is 13.8. The van der Waals surface area contributed by atoms with Crippen molar-refractivity contribution >= 4 is 21.6 Å². The Morgan fingerprint density at radius 3 is 2.89 bits per heavy atom. The quantitative estimate of drug-likeness (QED) is 0.898. The van der Waals surface area contributed by atoms with Crippen molar-refractivity contribution in [3.05, 3.63) is 28.5 Å². The molecule has 4 heteroatoms. The lowest BCUT2D eigenvalue weighted by molar-refractivity contribution is 0.285. The molecule has 2 unspecified atom stereocenters. The summed E-state index contributed by atoms with van der Waals surface area (Å²) in [5.41, 5.74) is 1.21. The molecule has 0 bridgehead atoms. The van der Waals surface area contributed by atoms with Crippen LogP contribution in [0, 0.1) is 5.82 Å². The van der Waals surface area contributed by atoms with Gasteiger partial charge in [0, 0.05) is 30.4 Å². The van der Waals surface area contributed by atoms with Gasteiger partial charge in [0.15, 0.2) is 0 Å². The van der Waals surface area contributed by atoms with Crippen LogP contribution in [0.3, 0.4) is 0 Å². The van der Waals surface area contributed by atoms with Crippen LogP contribution in [0.2, 0.25) is 0 Å². The SMILES string of the molecule is CCC1(C)CN(c2ccc(F)c(Br)c2)C(C)CN1. The van der Waals surface area contributed by atoms with E-state index >= 15 is 0 Å². The number of halogens is 2. The third-order valence-electron chi connectivity index (χ3n) is 3.89. The zero-order valence-corrected chi connectivity index (χ0v) is 12.7. The second-order valence-electron chi connectivity index (χ2n) is 5.37. The normalized spacial score (nSPS) is 28.5. The fourth-order valence-electron chi connectivity index (χ4n) is 2.34. The largest absolute Gasteiger partial charge is 0.366 e. The van der Waals surface area contributed by atoms with Crippen LogP contribution < -0.4 is 10.2 Å². The number of hydrogen-bond acceptors (Lipinski definition) is 2. The van der Waals surface area contributed by atoms with Gasteiger partial charge in [-0.2, -0.15) is 0 Å². The number of benzene rings is 1. The standard InChI is InChI=1S/C14H20BrFN2/c1-4-14(3)9-18(10(2)8-17-14)11-5-6-13(16)12(15)7-11/h5-7,10,17H,4,8-9H2,1-3H3. The molecule has 1 saturated heterocycles. The van der Waals surface area contributed by atoms with E-state index in [1.54, 1.807) is 0 Å². The Morgan fingerprint density at radius 2 is 2.28 bits per heavy atom. The van der Waals surface area contributed by atoms with Gasteiger partial charge in [-0.3, -0.25) is 0 Å². The molecule has 0 radical (unpaired) electrons. The smallest absolute Gasteiger partial charge is 0.137 e. The van der Waals surface area contributed by atoms with E-state index in [0.717, 1.165) is 25.2 Å². The van der Waals surface area contributed by atoms with Crippen molar-refractivity contribution < 1.29 is 4.39 Å². The molecule has 0 saturated carbocycles. The van der Waals surface area contributed by atoms with Crippen LogP contribution in [0.1, 0.15) is 27.2 Å². The summed E-state index contributed by atoms with van der Waals surface area (Å²) in [4.78, 5) is 2.35. The molecule has 1 aromatic rings. The molecule has 1 N–H and O–H groups in total. The third kappa shape index (κ3) is 2.69. The van der Waals surface area contributed by atoms with E-state index in [-0.39, 0.29) is 11.4 Å². The molecule has 0 aromatic heterocycles. The Labute approximate surface area is 117 Å². The maximum atomic E-state index is 13.3. The van der Waals surface area contributed by atoms with E-state index in [0.29, 0.717) is 10.5 Å². The first-order valence-electron chi connectivity index (χ1n) is 6.42. The van der Waals surface area contributed by atoms with Gasteiger partial charge in [-0.05, 0) is 54.4 Å². The van der Waals surface area contributed by atoms with Crippen LogP contribution in [0.5, 0.6) is 0 Å². The van der Waals surface area contributed by atoms with E-state index < -0.39 is 0 Å². The molecule has 2 atom stereocenters. The van der Waals surface area contributed by atoms with E-state index in [1.165, 1.54) is 6.07 Å². The minimum Gasteiger partial charge on any atom is -0.366 e. The van der Waals surface area contributed by atoms with Gasteiger partial charge in [-0.25, -0.2) is 4.39 Å². The van der Waals surface area contributed by atoms with Crippen molar-refractivity contribution in [2.24, 2.45) is 0 Å². The topological polar surface area (TPSA) is 15.3 Å². The summed E-state index contributed by atoms with van der Waals surface area (Å²) in [5.74, 6) is -0.209. The van der Waals surface area contributed by atoms with Crippen molar-refractivity contribution in [3.8, 4) is 0 Å². The van der Waals surface area contributed by atoms with Crippen molar-refractivity contribution in [2.75, 3.05) is 18.0 Å². The molecule has 0 amide bonds. The fourth-order valence-corrected chi connectivity index (χ4v) is 2.70. The molecule has 0 aliphatic carbocycles. The molecule has 2 rings (SSSR count). The molecule has 1 heterocycles. The fraction of sp³-hybridized carbons (Fsp3) is 0.571. The van der Waals surface area contributed by atoms with Crippen LogP contribution in [0.4, 0.5) is 10.1 Å². The van der Waals surface area contributed by atoms with E-state index in [4.69, 9.17) is 0 Å². The van der Waals surface area contributed by atoms with Crippen LogP contribution in [0.15, 0.2) is 22.7 Å². The zero-order chi connectivity index (χ0) is 13.3. The lowest BCUT2D eigenvalue weighted by atomic mass is 9.93. The second kappa shape index (κ2) is 5.17. The molecule has 1 fully saturated rings. The highest BCUT2D eigenvalue weighted by molar-refractivity contribution is 9.10. The van der Waals surface area contributed by atoms with Gasteiger partial charge >= 0.3 is 0 Å². The number of rotatable bonds is 2. The Kier molecular flexibility index (Phi) is 3.97. The van der Waals surface area contributed by atoms with Gasteiger partial charge in [0.2, 0.25) is 0 Å². The van der Waals surface area contributed by atoms with Gasteiger partial charge in [-0.15, -0.1) is 0 Å². The summed E-state index contributed by atoms with van der Waals surface area (Å²) in [5, 5.41) is 3.59. The van der Waals surface area contributed by atoms with Crippen molar-refractivity contribution in [1.82, 2.24) is 5.32 Å².